The van der Waals surface area contributed by atoms with E-state index in [1.54, 1.807) is 24.3 Å². The maximum absolute atomic E-state index is 13.1. The molecule has 5 heterocycles. The van der Waals surface area contributed by atoms with Gasteiger partial charge in [-0.2, -0.15) is 18.3 Å². The van der Waals surface area contributed by atoms with E-state index in [2.05, 4.69) is 59.9 Å². The number of aromatic nitrogens is 6. The van der Waals surface area contributed by atoms with Gasteiger partial charge >= 0.3 is 6.18 Å². The van der Waals surface area contributed by atoms with Crippen molar-refractivity contribution in [1.82, 2.24) is 34.4 Å². The van der Waals surface area contributed by atoms with Gasteiger partial charge in [-0.15, -0.1) is 10.2 Å². The van der Waals surface area contributed by atoms with Gasteiger partial charge in [-0.3, -0.25) is 9.47 Å². The second-order valence-electron chi connectivity index (χ2n) is 13.4. The van der Waals surface area contributed by atoms with Crippen LogP contribution in [-0.2, 0) is 29.3 Å². The van der Waals surface area contributed by atoms with E-state index >= 15 is 0 Å². The van der Waals surface area contributed by atoms with Crippen LogP contribution in [0.1, 0.15) is 47.2 Å². The van der Waals surface area contributed by atoms with Crippen molar-refractivity contribution in [3.05, 3.63) is 131 Å². The topological polar surface area (TPSA) is 128 Å². The molecule has 2 aliphatic heterocycles. The Hall–Kier alpha value is -5.09. The molecular formula is C38H37ClF3N9O2S. The molecule has 1 saturated heterocycles. The van der Waals surface area contributed by atoms with Crippen LogP contribution in [0.25, 0.3) is 22.6 Å². The highest BCUT2D eigenvalue weighted by molar-refractivity contribution is 7.89. The lowest BCUT2D eigenvalue weighted by Crippen LogP contribution is -2.34. The van der Waals surface area contributed by atoms with Crippen LogP contribution < -0.4 is 10.0 Å². The number of sulfonamides is 1. The Bertz CT molecular complexity index is 2360. The molecule has 2 N–H and O–H groups in total. The van der Waals surface area contributed by atoms with Gasteiger partial charge in [0.25, 0.3) is 0 Å². The van der Waals surface area contributed by atoms with Gasteiger partial charge in [-0.25, -0.2) is 23.2 Å². The zero-order valence-electron chi connectivity index (χ0n) is 29.4. The molecule has 16 heteroatoms. The monoisotopic (exact) mass is 775 g/mol. The van der Waals surface area contributed by atoms with Crippen LogP contribution in [0.15, 0.2) is 102 Å². The minimum Gasteiger partial charge on any atom is -0.357 e. The highest BCUT2D eigenvalue weighted by Gasteiger charge is 2.35. The molecule has 0 aliphatic carbocycles. The summed E-state index contributed by atoms with van der Waals surface area (Å²) in [5.41, 5.74) is 3.38. The zero-order valence-corrected chi connectivity index (χ0v) is 31.0. The van der Waals surface area contributed by atoms with Gasteiger partial charge in [0.05, 0.1) is 28.5 Å². The number of rotatable bonds is 5. The summed E-state index contributed by atoms with van der Waals surface area (Å²) in [5, 5.41) is 18.7. The Morgan fingerprint density at radius 1 is 0.889 bits per heavy atom. The number of hydrogen-bond donors (Lipinski definition) is 1. The summed E-state index contributed by atoms with van der Waals surface area (Å²) >= 11 is 6.27. The van der Waals surface area contributed by atoms with Crippen molar-refractivity contribution in [2.24, 2.45) is 5.14 Å². The lowest BCUT2D eigenvalue weighted by molar-refractivity contribution is -0.141. The number of nitrogens with zero attached hydrogens (tertiary/aromatic N) is 8. The first-order valence-electron chi connectivity index (χ1n) is 17.2. The first-order valence-corrected chi connectivity index (χ1v) is 19.1. The van der Waals surface area contributed by atoms with Crippen molar-refractivity contribution in [3.8, 4) is 22.6 Å². The summed E-state index contributed by atoms with van der Waals surface area (Å²) in [6, 6.07) is 25.3. The third kappa shape index (κ3) is 8.04. The van der Waals surface area contributed by atoms with Crippen molar-refractivity contribution < 1.29 is 21.6 Å². The fourth-order valence-corrected chi connectivity index (χ4v) is 7.49. The molecule has 0 bridgehead atoms. The number of anilines is 1. The fraction of sp³-hybridized carbons (Fsp3) is 0.263. The van der Waals surface area contributed by atoms with Crippen LogP contribution in [0, 0.1) is 6.92 Å². The maximum atomic E-state index is 13.1. The summed E-state index contributed by atoms with van der Waals surface area (Å²) < 4.78 is 65.5. The number of fused-ring (bicyclic) bond motifs is 3. The Morgan fingerprint density at radius 2 is 1.61 bits per heavy atom. The Kier molecular flexibility index (Phi) is 10.3. The lowest BCUT2D eigenvalue weighted by Gasteiger charge is -2.32. The highest BCUT2D eigenvalue weighted by atomic mass is 35.5. The minimum atomic E-state index is -4.61. The molecule has 0 unspecified atom stereocenters. The van der Waals surface area contributed by atoms with E-state index < -0.39 is 21.9 Å². The number of piperidine rings is 1. The summed E-state index contributed by atoms with van der Waals surface area (Å²) in [5.74, 6) is 3.54. The number of halogens is 4. The molecule has 2 aliphatic rings. The third-order valence-electron chi connectivity index (χ3n) is 9.48. The van der Waals surface area contributed by atoms with Crippen LogP contribution in [-0.4, -0.2) is 63.0 Å². The van der Waals surface area contributed by atoms with Crippen molar-refractivity contribution >= 4 is 27.4 Å². The second kappa shape index (κ2) is 15.0. The predicted molar refractivity (Wildman–Crippen MR) is 200 cm³/mol. The predicted octanol–water partition coefficient (Wildman–Crippen LogP) is 7.16. The van der Waals surface area contributed by atoms with E-state index in [0.717, 1.165) is 83.5 Å². The number of alkyl halides is 3. The standard InChI is InChI=1S/C21H23ClN6.C17H14F3N3O2S/c1-26-13-16-12-17(22)5-6-18(16)28-20(14-26)24-25-21(28)15-7-10-27(11-8-15)19-4-2-3-9-23-19;1-11-2-4-12(5-3-11)15-10-16(17(18,19)20)22-23(15)13-6-8-14(9-7-13)26(21,24)25/h2-6,9,12,15H,7-8,10-11,13-14H2,1H3;2-10H,1H3,(H2,21,24,25). The molecule has 3 aromatic carbocycles. The third-order valence-corrected chi connectivity index (χ3v) is 10.6. The Balaban J connectivity index is 0.000000167. The fourth-order valence-electron chi connectivity index (χ4n) is 6.78. The molecule has 3 aromatic heterocycles. The summed E-state index contributed by atoms with van der Waals surface area (Å²) in [6.45, 7) is 5.48. The van der Waals surface area contributed by atoms with E-state index in [-0.39, 0.29) is 16.3 Å². The number of primary sulfonamides is 1. The molecular weight excluding hydrogens is 739 g/mol. The summed E-state index contributed by atoms with van der Waals surface area (Å²) in [6.07, 6.45) is -0.648. The number of pyridine rings is 1. The molecule has 6 aromatic rings. The Morgan fingerprint density at radius 3 is 2.26 bits per heavy atom. The molecule has 0 spiro atoms. The summed E-state index contributed by atoms with van der Waals surface area (Å²) in [4.78, 5) is 8.98. The number of aryl methyl sites for hydroxylation is 1. The summed E-state index contributed by atoms with van der Waals surface area (Å²) in [7, 11) is -1.79. The Labute approximate surface area is 315 Å². The van der Waals surface area contributed by atoms with Gasteiger partial charge in [0.1, 0.15) is 11.6 Å². The molecule has 8 rings (SSSR count). The molecule has 1 fully saturated rings. The van der Waals surface area contributed by atoms with Crippen molar-refractivity contribution in [1.29, 1.82) is 0 Å². The van der Waals surface area contributed by atoms with Gasteiger partial charge in [0.15, 0.2) is 11.5 Å². The maximum Gasteiger partial charge on any atom is 0.435 e. The van der Waals surface area contributed by atoms with Crippen LogP contribution in [0.4, 0.5) is 19.0 Å². The number of benzene rings is 3. The molecule has 0 radical (unpaired) electrons. The molecule has 11 nitrogen and oxygen atoms in total. The van der Waals surface area contributed by atoms with E-state index in [9.17, 15) is 21.6 Å². The van der Waals surface area contributed by atoms with Gasteiger partial charge in [-0.1, -0.05) is 47.5 Å². The van der Waals surface area contributed by atoms with Gasteiger partial charge in [0, 0.05) is 42.3 Å². The van der Waals surface area contributed by atoms with Gasteiger partial charge < -0.3 is 4.90 Å². The smallest absolute Gasteiger partial charge is 0.357 e. The molecule has 0 atom stereocenters. The zero-order chi connectivity index (χ0) is 38.2. The molecule has 54 heavy (non-hydrogen) atoms. The SMILES string of the molecule is CN1Cc2cc(Cl)ccc2-n2c(nnc2C2CCN(c3ccccn3)CC2)C1.Cc1ccc(-c2cc(C(F)(F)F)nn2-c2ccc(S(N)(=O)=O)cc2)cc1. The van der Waals surface area contributed by atoms with E-state index in [1.807, 2.05) is 31.3 Å². The molecule has 0 saturated carbocycles. The molecule has 0 amide bonds. The van der Waals surface area contributed by atoms with Gasteiger partial charge in [-0.05, 0) is 93.0 Å². The van der Waals surface area contributed by atoms with Crippen LogP contribution in [0.3, 0.4) is 0 Å². The van der Waals surface area contributed by atoms with Gasteiger partial charge in [0.2, 0.25) is 10.0 Å². The lowest BCUT2D eigenvalue weighted by atomic mass is 9.95. The van der Waals surface area contributed by atoms with Crippen LogP contribution in [0.2, 0.25) is 5.02 Å². The van der Waals surface area contributed by atoms with Crippen molar-refractivity contribution in [2.45, 2.75) is 49.8 Å². The first kappa shape index (κ1) is 37.2. The average molecular weight is 776 g/mol. The van der Waals surface area contributed by atoms with E-state index in [4.69, 9.17) is 16.7 Å². The van der Waals surface area contributed by atoms with E-state index in [0.29, 0.717) is 11.5 Å². The van der Waals surface area contributed by atoms with Crippen molar-refractivity contribution in [2.75, 3.05) is 25.0 Å². The number of nitrogens with two attached hydrogens (primary N) is 1. The van der Waals surface area contributed by atoms with Crippen LogP contribution >= 0.6 is 11.6 Å². The second-order valence-corrected chi connectivity index (χ2v) is 15.4. The minimum absolute atomic E-state index is 0.138. The van der Waals surface area contributed by atoms with Crippen molar-refractivity contribution in [3.63, 3.8) is 0 Å². The van der Waals surface area contributed by atoms with E-state index in [1.165, 1.54) is 29.8 Å². The largest absolute Gasteiger partial charge is 0.435 e. The first-order chi connectivity index (χ1) is 25.7. The average Bonchev–Trinajstić information content (AvgIpc) is 3.75. The highest BCUT2D eigenvalue weighted by Crippen LogP contribution is 2.35. The van der Waals surface area contributed by atoms with Crippen LogP contribution in [0.5, 0.6) is 0 Å². The normalized spacial score (nSPS) is 15.2. The number of hydrogen-bond acceptors (Lipinski definition) is 8. The quantitative estimate of drug-likeness (QED) is 0.196. The molecule has 280 valence electrons.